The second kappa shape index (κ2) is 8.56. The fourth-order valence-corrected chi connectivity index (χ4v) is 2.83. The van der Waals surface area contributed by atoms with Gasteiger partial charge in [0, 0.05) is 37.0 Å². The van der Waals surface area contributed by atoms with Gasteiger partial charge in [-0.1, -0.05) is 24.3 Å². The largest absolute Gasteiger partial charge is 0.364 e. The van der Waals surface area contributed by atoms with Crippen molar-refractivity contribution in [2.45, 2.75) is 20.3 Å². The van der Waals surface area contributed by atoms with Crippen molar-refractivity contribution >= 4 is 35.0 Å². The first-order chi connectivity index (χ1) is 14.3. The highest BCUT2D eigenvalue weighted by Crippen LogP contribution is 2.25. The lowest BCUT2D eigenvalue weighted by molar-refractivity contribution is -0.114. The fraction of sp³-hybridized carbons (Fsp3) is 0.190. The molecule has 4 N–H and O–H groups in total. The molecule has 0 radical (unpaired) electrons. The molecule has 9 heteroatoms. The minimum absolute atomic E-state index is 0.0631. The van der Waals surface area contributed by atoms with Gasteiger partial charge in [-0.25, -0.2) is 4.98 Å². The zero-order valence-corrected chi connectivity index (χ0v) is 17.1. The number of carbonyl (C=O) groups is 2. The molecule has 0 aliphatic carbocycles. The number of aromatic nitrogens is 4. The Bertz CT molecular complexity index is 1130. The normalized spacial score (nSPS) is 10.5. The minimum atomic E-state index is -0.619. The second-order valence-electron chi connectivity index (χ2n) is 6.89. The zero-order chi connectivity index (χ0) is 21.8. The van der Waals surface area contributed by atoms with Crippen molar-refractivity contribution in [3.8, 4) is 0 Å². The lowest BCUT2D eigenvalue weighted by Crippen LogP contribution is -2.11. The van der Waals surface area contributed by atoms with Crippen LogP contribution < -0.4 is 16.4 Å². The highest BCUT2D eigenvalue weighted by atomic mass is 16.1. The first kappa shape index (κ1) is 20.7. The maximum Gasteiger partial charge on any atom is 0.269 e. The molecule has 3 rings (SSSR count). The summed E-state index contributed by atoms with van der Waals surface area (Å²) in [6.45, 7) is 7.39. The van der Waals surface area contributed by atoms with Crippen LogP contribution in [-0.4, -0.2) is 31.4 Å². The Labute approximate surface area is 174 Å². The molecule has 0 bridgehead atoms. The third kappa shape index (κ3) is 4.69. The number of hydrogen-bond acceptors (Lipinski definition) is 7. The molecule has 0 saturated heterocycles. The smallest absolute Gasteiger partial charge is 0.269 e. The number of aryl methyl sites for hydroxylation is 3. The molecule has 154 valence electrons. The number of ketones is 1. The maximum atomic E-state index is 11.9. The quantitative estimate of drug-likeness (QED) is 0.492. The average Bonchev–Trinajstić information content (AvgIpc) is 3.07. The van der Waals surface area contributed by atoms with Crippen LogP contribution >= 0.6 is 0 Å². The number of amides is 1. The molecule has 30 heavy (non-hydrogen) atoms. The second-order valence-corrected chi connectivity index (χ2v) is 6.89. The first-order valence-corrected chi connectivity index (χ1v) is 9.23. The van der Waals surface area contributed by atoms with E-state index in [9.17, 15) is 9.59 Å². The van der Waals surface area contributed by atoms with Crippen molar-refractivity contribution in [3.05, 3.63) is 65.5 Å². The Morgan fingerprint density at radius 3 is 2.67 bits per heavy atom. The van der Waals surface area contributed by atoms with Crippen LogP contribution in [0.1, 0.15) is 27.2 Å². The number of anilines is 4. The number of primary amides is 1. The van der Waals surface area contributed by atoms with E-state index in [1.54, 1.807) is 13.2 Å². The van der Waals surface area contributed by atoms with E-state index in [0.717, 1.165) is 22.4 Å². The summed E-state index contributed by atoms with van der Waals surface area (Å²) in [5, 5.41) is 10.4. The van der Waals surface area contributed by atoms with Gasteiger partial charge < -0.3 is 16.4 Å². The van der Waals surface area contributed by atoms with Gasteiger partial charge >= 0.3 is 0 Å². The fourth-order valence-electron chi connectivity index (χ4n) is 2.83. The van der Waals surface area contributed by atoms with E-state index in [4.69, 9.17) is 5.73 Å². The van der Waals surface area contributed by atoms with Crippen molar-refractivity contribution in [1.82, 2.24) is 19.7 Å². The SMILES string of the molecule is C=CC(=O)Cc1cc(C)ccc1Nc1nc(Nc2cc(C(N)=O)nn2C)ncc1C. The summed E-state index contributed by atoms with van der Waals surface area (Å²) in [5.41, 5.74) is 8.92. The predicted molar refractivity (Wildman–Crippen MR) is 115 cm³/mol. The van der Waals surface area contributed by atoms with Gasteiger partial charge in [-0.3, -0.25) is 14.3 Å². The van der Waals surface area contributed by atoms with E-state index >= 15 is 0 Å². The Morgan fingerprint density at radius 2 is 2.00 bits per heavy atom. The third-order valence-corrected chi connectivity index (χ3v) is 4.45. The van der Waals surface area contributed by atoms with Crippen LogP contribution in [0.2, 0.25) is 0 Å². The number of nitrogens with zero attached hydrogens (tertiary/aromatic N) is 4. The summed E-state index contributed by atoms with van der Waals surface area (Å²) >= 11 is 0. The number of allylic oxidation sites excluding steroid dienone is 1. The Kier molecular flexibility index (Phi) is 5.91. The van der Waals surface area contributed by atoms with Gasteiger partial charge in [-0.2, -0.15) is 10.1 Å². The van der Waals surface area contributed by atoms with Crippen molar-refractivity contribution < 1.29 is 9.59 Å². The van der Waals surface area contributed by atoms with Crippen molar-refractivity contribution in [3.63, 3.8) is 0 Å². The number of nitrogens with two attached hydrogens (primary N) is 1. The maximum absolute atomic E-state index is 11.9. The van der Waals surface area contributed by atoms with E-state index in [0.29, 0.717) is 17.6 Å². The summed E-state index contributed by atoms with van der Waals surface area (Å²) in [4.78, 5) is 32.0. The van der Waals surface area contributed by atoms with E-state index in [1.807, 2.05) is 32.0 Å². The summed E-state index contributed by atoms with van der Waals surface area (Å²) in [5.74, 6) is 0.740. The number of rotatable bonds is 8. The number of benzene rings is 1. The number of hydrogen-bond donors (Lipinski definition) is 3. The topological polar surface area (TPSA) is 128 Å². The van der Waals surface area contributed by atoms with Crippen molar-refractivity contribution in [2.75, 3.05) is 10.6 Å². The van der Waals surface area contributed by atoms with Crippen LogP contribution in [0.25, 0.3) is 0 Å². The van der Waals surface area contributed by atoms with Crippen molar-refractivity contribution in [1.29, 1.82) is 0 Å². The van der Waals surface area contributed by atoms with Gasteiger partial charge in [0.2, 0.25) is 5.95 Å². The molecule has 2 aromatic heterocycles. The summed E-state index contributed by atoms with van der Waals surface area (Å²) < 4.78 is 1.48. The molecule has 2 heterocycles. The summed E-state index contributed by atoms with van der Waals surface area (Å²) in [6, 6.07) is 7.36. The van der Waals surface area contributed by atoms with E-state index in [-0.39, 0.29) is 17.9 Å². The minimum Gasteiger partial charge on any atom is -0.364 e. The molecule has 0 fully saturated rings. The summed E-state index contributed by atoms with van der Waals surface area (Å²) in [7, 11) is 1.68. The Morgan fingerprint density at radius 1 is 1.23 bits per heavy atom. The van der Waals surface area contributed by atoms with Crippen LogP contribution in [0.4, 0.5) is 23.3 Å². The molecular weight excluding hydrogens is 382 g/mol. The van der Waals surface area contributed by atoms with Crippen LogP contribution in [0.3, 0.4) is 0 Å². The monoisotopic (exact) mass is 405 g/mol. The van der Waals surface area contributed by atoms with Gasteiger partial charge in [-0.15, -0.1) is 0 Å². The molecule has 1 aromatic carbocycles. The van der Waals surface area contributed by atoms with E-state index in [1.165, 1.54) is 16.8 Å². The van der Waals surface area contributed by atoms with E-state index < -0.39 is 5.91 Å². The molecule has 0 spiro atoms. The van der Waals surface area contributed by atoms with Gasteiger partial charge in [0.1, 0.15) is 11.6 Å². The molecule has 9 nitrogen and oxygen atoms in total. The molecular formula is C21H23N7O2. The zero-order valence-electron chi connectivity index (χ0n) is 17.1. The Hall–Kier alpha value is -4.01. The lowest BCUT2D eigenvalue weighted by atomic mass is 10.0. The van der Waals surface area contributed by atoms with Gasteiger partial charge in [0.05, 0.1) is 0 Å². The predicted octanol–water partition coefficient (Wildman–Crippen LogP) is 2.71. The van der Waals surface area contributed by atoms with Crippen molar-refractivity contribution in [2.24, 2.45) is 12.8 Å². The highest BCUT2D eigenvalue weighted by molar-refractivity contribution is 5.92. The highest BCUT2D eigenvalue weighted by Gasteiger charge is 2.13. The van der Waals surface area contributed by atoms with Gasteiger partial charge in [-0.05, 0) is 31.6 Å². The number of nitrogens with one attached hydrogen (secondary N) is 2. The molecule has 3 aromatic rings. The van der Waals surface area contributed by atoms with Gasteiger partial charge in [0.25, 0.3) is 5.91 Å². The molecule has 0 saturated carbocycles. The molecule has 0 unspecified atom stereocenters. The molecule has 1 amide bonds. The first-order valence-electron chi connectivity index (χ1n) is 9.23. The van der Waals surface area contributed by atoms with Crippen LogP contribution in [0, 0.1) is 13.8 Å². The van der Waals surface area contributed by atoms with Crippen LogP contribution in [0.5, 0.6) is 0 Å². The third-order valence-electron chi connectivity index (χ3n) is 4.45. The molecule has 0 atom stereocenters. The molecule has 0 aliphatic rings. The van der Waals surface area contributed by atoms with Crippen LogP contribution in [0.15, 0.2) is 43.1 Å². The summed E-state index contributed by atoms with van der Waals surface area (Å²) in [6.07, 6.45) is 3.23. The Balaban J connectivity index is 1.89. The van der Waals surface area contributed by atoms with E-state index in [2.05, 4.69) is 32.3 Å². The molecule has 0 aliphatic heterocycles. The van der Waals surface area contributed by atoms with Gasteiger partial charge in [0.15, 0.2) is 11.5 Å². The van der Waals surface area contributed by atoms with Crippen LogP contribution in [-0.2, 0) is 18.3 Å². The average molecular weight is 405 g/mol. The number of carbonyl (C=O) groups excluding carboxylic acids is 2. The standard InChI is InChI=1S/C21H23N7O2/c1-5-15(29)9-14-8-12(2)6-7-16(14)24-20-13(3)11-23-21(26-20)25-18-10-17(19(22)30)27-28(18)4/h5-8,10-11H,1,9H2,2-4H3,(H2,22,30)(H2,23,24,25,26). The lowest BCUT2D eigenvalue weighted by Gasteiger charge is -2.14.